The van der Waals surface area contributed by atoms with Crippen LogP contribution in [0.25, 0.3) is 0 Å². The van der Waals surface area contributed by atoms with Crippen molar-refractivity contribution in [3.63, 3.8) is 0 Å². The molecule has 4 atom stereocenters. The highest BCUT2D eigenvalue weighted by Gasteiger charge is 2.18. The van der Waals surface area contributed by atoms with Crippen molar-refractivity contribution < 1.29 is 19.4 Å². The molecule has 8 nitrogen and oxygen atoms in total. The Morgan fingerprint density at radius 3 is 1.32 bits per heavy atom. The molecule has 8 heteroatoms. The normalized spacial score (nSPS) is 13.1. The van der Waals surface area contributed by atoms with Gasteiger partial charge < -0.3 is 36.7 Å². The van der Waals surface area contributed by atoms with Crippen LogP contribution in [0, 0.1) is 0 Å². The van der Waals surface area contributed by atoms with Crippen molar-refractivity contribution in [1.29, 1.82) is 0 Å². The number of hydrogen-bond donors (Lipinski definition) is 5. The highest BCUT2D eigenvalue weighted by atomic mass is 16.5. The number of nitrogens with two attached hydrogens (primary N) is 2. The van der Waals surface area contributed by atoms with Crippen molar-refractivity contribution in [3.8, 4) is 0 Å². The van der Waals surface area contributed by atoms with Gasteiger partial charge in [-0.05, 0) is 56.4 Å². The summed E-state index contributed by atoms with van der Waals surface area (Å²) in [6.07, 6.45) is 1.26. The smallest absolute Gasteiger partial charge is 0.327 e. The zero-order valence-electron chi connectivity index (χ0n) is 33.6. The third-order valence-corrected chi connectivity index (χ3v) is 7.65. The molecule has 0 spiro atoms. The Morgan fingerprint density at radius 2 is 0.981 bits per heavy atom. The Morgan fingerprint density at radius 1 is 0.604 bits per heavy atom. The fraction of sp³-hybridized carbons (Fsp3) is 0.444. The molecule has 7 N–H and O–H groups in total. The third-order valence-electron chi connectivity index (χ3n) is 7.65. The predicted octanol–water partition coefficient (Wildman–Crippen LogP) is 8.60. The van der Waals surface area contributed by atoms with Crippen LogP contribution in [0.4, 0.5) is 0 Å². The van der Waals surface area contributed by atoms with E-state index in [-0.39, 0.29) is 36.9 Å². The van der Waals surface area contributed by atoms with Crippen LogP contribution in [0.3, 0.4) is 0 Å². The first-order valence-electron chi connectivity index (χ1n) is 19.0. The van der Waals surface area contributed by atoms with Crippen molar-refractivity contribution in [2.75, 3.05) is 13.2 Å². The number of aliphatic hydroxyl groups is 1. The largest absolute Gasteiger partial charge is 0.462 e. The Labute approximate surface area is 320 Å². The molecule has 0 saturated heterocycles. The van der Waals surface area contributed by atoms with Gasteiger partial charge in [-0.25, -0.2) is 4.79 Å². The SMILES string of the molecule is CC(C)NC(CO)c1ccccc1.CC(C)OC(=O)C(N)c1ccccc1.CC(C)OC(CN)c1ccccc1.CCC(NC(C)C)c1ccccc1. The molecule has 292 valence electrons. The molecule has 0 aliphatic heterocycles. The first-order valence-corrected chi connectivity index (χ1v) is 19.0. The molecule has 0 radical (unpaired) electrons. The van der Waals surface area contributed by atoms with E-state index >= 15 is 0 Å². The maximum absolute atomic E-state index is 11.4. The van der Waals surface area contributed by atoms with Gasteiger partial charge in [-0.2, -0.15) is 0 Å². The second-order valence-electron chi connectivity index (χ2n) is 13.9. The maximum Gasteiger partial charge on any atom is 0.327 e. The van der Waals surface area contributed by atoms with Gasteiger partial charge in [0.2, 0.25) is 0 Å². The zero-order valence-corrected chi connectivity index (χ0v) is 33.6. The summed E-state index contributed by atoms with van der Waals surface area (Å²) in [4.78, 5) is 11.4. The standard InChI is InChI=1S/C12H19N.C11H15NO2.2C11H17NO/c1-4-12(13-10(2)3)11-8-6-5-7-9-11;1-8(2)14-11(13)10(12)9-6-4-3-5-7-9;1-9(2)12-11(8-13)10-6-4-3-5-7-10;1-9(2)13-11(8-12)10-6-4-3-5-7-10/h5-10,12-13H,4H2,1-3H3;3-8,10H,12H2,1-2H3;3-7,9,11-13H,8H2,1-2H3;3-7,9,11H,8,12H2,1-2H3. The maximum atomic E-state index is 11.4. The lowest BCUT2D eigenvalue weighted by Crippen LogP contribution is -2.30. The quantitative estimate of drug-likeness (QED) is 0.0770. The Balaban J connectivity index is 0.000000354. The minimum absolute atomic E-state index is 0.0289. The fourth-order valence-corrected chi connectivity index (χ4v) is 5.25. The van der Waals surface area contributed by atoms with E-state index in [1.165, 1.54) is 5.56 Å². The van der Waals surface area contributed by atoms with E-state index in [2.05, 4.69) is 75.6 Å². The molecule has 0 fully saturated rings. The summed E-state index contributed by atoms with van der Waals surface area (Å²) >= 11 is 0. The van der Waals surface area contributed by atoms with Crippen LogP contribution in [-0.2, 0) is 14.3 Å². The number of nitrogens with one attached hydrogen (secondary N) is 2. The van der Waals surface area contributed by atoms with Gasteiger partial charge in [0.05, 0.1) is 31.0 Å². The summed E-state index contributed by atoms with van der Waals surface area (Å²) in [5.74, 6) is -0.383. The van der Waals surface area contributed by atoms with E-state index in [4.69, 9.17) is 26.0 Å². The molecule has 0 bridgehead atoms. The van der Waals surface area contributed by atoms with Crippen LogP contribution in [0.5, 0.6) is 0 Å². The van der Waals surface area contributed by atoms with Crippen LogP contribution in [0.15, 0.2) is 121 Å². The molecule has 0 amide bonds. The second-order valence-corrected chi connectivity index (χ2v) is 13.9. The van der Waals surface area contributed by atoms with Crippen molar-refractivity contribution in [2.45, 2.75) is 117 Å². The molecule has 0 aromatic heterocycles. The minimum Gasteiger partial charge on any atom is -0.462 e. The number of carbonyl (C=O) groups excluding carboxylic acids is 1. The number of aliphatic hydroxyl groups excluding tert-OH is 1. The van der Waals surface area contributed by atoms with Crippen LogP contribution in [0.1, 0.15) is 115 Å². The second kappa shape index (κ2) is 27.7. The minimum atomic E-state index is -0.682. The van der Waals surface area contributed by atoms with Crippen molar-refractivity contribution in [2.24, 2.45) is 11.5 Å². The molecular weight excluding hydrogens is 661 g/mol. The predicted molar refractivity (Wildman–Crippen MR) is 221 cm³/mol. The van der Waals surface area contributed by atoms with Crippen LogP contribution in [0.2, 0.25) is 0 Å². The van der Waals surface area contributed by atoms with Gasteiger partial charge in [0.15, 0.2) is 0 Å². The van der Waals surface area contributed by atoms with Gasteiger partial charge in [0.25, 0.3) is 0 Å². The summed E-state index contributed by atoms with van der Waals surface area (Å²) in [6, 6.07) is 40.7. The third kappa shape index (κ3) is 20.8. The fourth-order valence-electron chi connectivity index (χ4n) is 5.25. The molecule has 4 aromatic rings. The topological polar surface area (TPSA) is 132 Å². The van der Waals surface area contributed by atoms with E-state index in [0.717, 1.165) is 23.1 Å². The van der Waals surface area contributed by atoms with Crippen LogP contribution >= 0.6 is 0 Å². The highest BCUT2D eigenvalue weighted by molar-refractivity contribution is 5.77. The molecule has 4 aromatic carbocycles. The van der Waals surface area contributed by atoms with Crippen LogP contribution < -0.4 is 22.1 Å². The van der Waals surface area contributed by atoms with E-state index < -0.39 is 6.04 Å². The summed E-state index contributed by atoms with van der Waals surface area (Å²) in [7, 11) is 0. The first kappa shape index (κ1) is 47.1. The van der Waals surface area contributed by atoms with Gasteiger partial charge in [0.1, 0.15) is 6.04 Å². The zero-order chi connectivity index (χ0) is 39.6. The Kier molecular flexibility index (Phi) is 24.6. The van der Waals surface area contributed by atoms with E-state index in [0.29, 0.717) is 24.7 Å². The lowest BCUT2D eigenvalue weighted by atomic mass is 10.0. The van der Waals surface area contributed by atoms with Crippen LogP contribution in [-0.4, -0.2) is 48.5 Å². The first-order chi connectivity index (χ1) is 25.3. The summed E-state index contributed by atoms with van der Waals surface area (Å²) < 4.78 is 10.7. The van der Waals surface area contributed by atoms with Gasteiger partial charge >= 0.3 is 5.97 Å². The average Bonchev–Trinajstić information content (AvgIpc) is 3.16. The molecule has 0 saturated carbocycles. The number of esters is 1. The Hall–Kier alpha value is -3.89. The number of hydrogen-bond acceptors (Lipinski definition) is 8. The lowest BCUT2D eigenvalue weighted by molar-refractivity contribution is -0.149. The summed E-state index contributed by atoms with van der Waals surface area (Å²) in [5, 5.41) is 16.0. The Bertz CT molecular complexity index is 1310. The molecule has 0 aliphatic carbocycles. The van der Waals surface area contributed by atoms with Crippen molar-refractivity contribution >= 4 is 5.97 Å². The van der Waals surface area contributed by atoms with E-state index in [1.807, 2.05) is 105 Å². The van der Waals surface area contributed by atoms with Gasteiger partial charge in [-0.3, -0.25) is 0 Å². The number of rotatable bonds is 15. The molecule has 4 rings (SSSR count). The molecule has 53 heavy (non-hydrogen) atoms. The van der Waals surface area contributed by atoms with E-state index in [1.54, 1.807) is 13.8 Å². The van der Waals surface area contributed by atoms with E-state index in [9.17, 15) is 4.79 Å². The average molecular weight is 729 g/mol. The van der Waals surface area contributed by atoms with Gasteiger partial charge in [-0.1, -0.05) is 156 Å². The number of carbonyl (C=O) groups is 1. The highest BCUT2D eigenvalue weighted by Crippen LogP contribution is 2.18. The monoisotopic (exact) mass is 729 g/mol. The number of benzene rings is 4. The lowest BCUT2D eigenvalue weighted by Gasteiger charge is -2.19. The van der Waals surface area contributed by atoms with Gasteiger partial charge in [-0.15, -0.1) is 0 Å². The number of ether oxygens (including phenoxy) is 2. The van der Waals surface area contributed by atoms with Crippen molar-refractivity contribution in [3.05, 3.63) is 144 Å². The summed E-state index contributed by atoms with van der Waals surface area (Å²) in [5.41, 5.74) is 15.8. The molecule has 0 heterocycles. The molecule has 4 unspecified atom stereocenters. The van der Waals surface area contributed by atoms with Crippen molar-refractivity contribution in [1.82, 2.24) is 10.6 Å². The van der Waals surface area contributed by atoms with Gasteiger partial charge in [0, 0.05) is 24.7 Å². The molecule has 0 aliphatic rings. The molecular formula is C45H68N4O4. The summed E-state index contributed by atoms with van der Waals surface area (Å²) in [6.45, 7) is 19.0.